The van der Waals surface area contributed by atoms with E-state index in [1.165, 1.54) is 0 Å². The number of hydrogen-bond donors (Lipinski definition) is 1. The second kappa shape index (κ2) is 7.76. The van der Waals surface area contributed by atoms with Crippen molar-refractivity contribution in [3.05, 3.63) is 65.1 Å². The molecule has 0 aromatic heterocycles. The van der Waals surface area contributed by atoms with Crippen molar-refractivity contribution in [2.45, 2.75) is 32.6 Å². The first-order valence-corrected chi connectivity index (χ1v) is 9.67. The number of hydrazine groups is 1. The molecule has 1 atom stereocenters. The lowest BCUT2D eigenvalue weighted by Crippen LogP contribution is -2.47. The second-order valence-electron chi connectivity index (χ2n) is 8.47. The van der Waals surface area contributed by atoms with Crippen LogP contribution in [0, 0.1) is 16.7 Å². The molecule has 1 aliphatic carbocycles. The third-order valence-electron chi connectivity index (χ3n) is 5.34. The molecule has 0 saturated heterocycles. The van der Waals surface area contributed by atoms with Crippen molar-refractivity contribution < 1.29 is 9.53 Å². The summed E-state index contributed by atoms with van der Waals surface area (Å²) in [5.41, 5.74) is 9.09. The Hall–Kier alpha value is -3.04. The number of carbonyl (C=O) groups is 1. The van der Waals surface area contributed by atoms with Crippen molar-refractivity contribution >= 4 is 5.78 Å². The fourth-order valence-corrected chi connectivity index (χ4v) is 4.19. The first-order valence-electron chi connectivity index (χ1n) is 9.67. The van der Waals surface area contributed by atoms with Gasteiger partial charge in [0.25, 0.3) is 0 Å². The van der Waals surface area contributed by atoms with Gasteiger partial charge in [-0.05, 0) is 29.5 Å². The minimum absolute atomic E-state index is 0.0698. The van der Waals surface area contributed by atoms with Crippen LogP contribution >= 0.6 is 0 Å². The second-order valence-corrected chi connectivity index (χ2v) is 8.47. The molecule has 0 radical (unpaired) electrons. The number of ether oxygens (including phenoxy) is 1. The Bertz CT molecular complexity index is 933. The summed E-state index contributed by atoms with van der Waals surface area (Å²) < 4.78 is 5.56. The summed E-state index contributed by atoms with van der Waals surface area (Å²) in [5.74, 6) is 0.683. The normalized spacial score (nSPS) is 21.2. The molecule has 6 heteroatoms. The Balaban J connectivity index is 2.16. The van der Waals surface area contributed by atoms with Gasteiger partial charge >= 0.3 is 0 Å². The molecular formula is C23H28N4O2. The monoisotopic (exact) mass is 392 g/mol. The van der Waals surface area contributed by atoms with Crippen LogP contribution in [0.4, 0.5) is 0 Å². The number of allylic oxidation sites excluding steroid dienone is 3. The van der Waals surface area contributed by atoms with E-state index in [9.17, 15) is 10.1 Å². The van der Waals surface area contributed by atoms with Gasteiger partial charge in [-0.2, -0.15) is 5.26 Å². The average molecular weight is 393 g/mol. The van der Waals surface area contributed by atoms with Gasteiger partial charge < -0.3 is 10.5 Å². The van der Waals surface area contributed by atoms with Crippen molar-refractivity contribution in [2.75, 3.05) is 20.7 Å². The first kappa shape index (κ1) is 20.7. The molecule has 0 saturated carbocycles. The van der Waals surface area contributed by atoms with Crippen LogP contribution in [-0.2, 0) is 4.79 Å². The summed E-state index contributed by atoms with van der Waals surface area (Å²) in [6, 6.07) is 9.76. The predicted octanol–water partition coefficient (Wildman–Crippen LogP) is 3.46. The van der Waals surface area contributed by atoms with Gasteiger partial charge in [-0.3, -0.25) is 9.80 Å². The highest BCUT2D eigenvalue weighted by atomic mass is 16.5. The predicted molar refractivity (Wildman–Crippen MR) is 112 cm³/mol. The van der Waals surface area contributed by atoms with Gasteiger partial charge in [0, 0.05) is 31.8 Å². The van der Waals surface area contributed by atoms with Crippen LogP contribution in [0.3, 0.4) is 0 Å². The van der Waals surface area contributed by atoms with E-state index in [2.05, 4.69) is 26.5 Å². The molecule has 1 aromatic rings. The Labute approximate surface area is 172 Å². The SMILES string of the molecule is C=CCOc1ccc([C@@H]2C(C#N)=C(N)N(N(C)C)C3=C2C(=O)CC(C)(C)C3)cc1. The molecule has 0 spiro atoms. The average Bonchev–Trinajstić information content (AvgIpc) is 2.64. The zero-order valence-corrected chi connectivity index (χ0v) is 17.5. The van der Waals surface area contributed by atoms with Crippen molar-refractivity contribution in [3.8, 4) is 11.8 Å². The zero-order chi connectivity index (χ0) is 21.3. The smallest absolute Gasteiger partial charge is 0.162 e. The number of nitriles is 1. The molecule has 0 amide bonds. The fraction of sp³-hybridized carbons (Fsp3) is 0.391. The van der Waals surface area contributed by atoms with Crippen LogP contribution in [0.15, 0.2) is 59.6 Å². The lowest BCUT2D eigenvalue weighted by atomic mass is 9.69. The van der Waals surface area contributed by atoms with Gasteiger partial charge in [-0.25, -0.2) is 5.01 Å². The summed E-state index contributed by atoms with van der Waals surface area (Å²) >= 11 is 0. The number of ketones is 1. The molecule has 6 nitrogen and oxygen atoms in total. The van der Waals surface area contributed by atoms with E-state index in [4.69, 9.17) is 10.5 Å². The number of hydrogen-bond acceptors (Lipinski definition) is 6. The molecule has 29 heavy (non-hydrogen) atoms. The van der Waals surface area contributed by atoms with Crippen molar-refractivity contribution in [2.24, 2.45) is 11.1 Å². The molecule has 2 N–H and O–H groups in total. The minimum Gasteiger partial charge on any atom is -0.490 e. The highest BCUT2D eigenvalue weighted by molar-refractivity contribution is 6.00. The van der Waals surface area contributed by atoms with Crippen LogP contribution < -0.4 is 10.5 Å². The number of nitrogens with zero attached hydrogens (tertiary/aromatic N) is 3. The molecule has 0 bridgehead atoms. The Morgan fingerprint density at radius 3 is 2.55 bits per heavy atom. The Morgan fingerprint density at radius 1 is 1.34 bits per heavy atom. The van der Waals surface area contributed by atoms with Crippen LogP contribution in [0.1, 0.15) is 38.2 Å². The van der Waals surface area contributed by atoms with E-state index in [1.807, 2.05) is 48.4 Å². The lowest BCUT2D eigenvalue weighted by Gasteiger charge is -2.45. The first-order chi connectivity index (χ1) is 13.7. The number of benzene rings is 1. The van der Waals surface area contributed by atoms with Gasteiger partial charge in [-0.15, -0.1) is 0 Å². The van der Waals surface area contributed by atoms with Crippen molar-refractivity contribution in [3.63, 3.8) is 0 Å². The highest BCUT2D eigenvalue weighted by Crippen LogP contribution is 2.49. The number of carbonyl (C=O) groups excluding carboxylic acids is 1. The molecule has 1 aliphatic heterocycles. The molecule has 3 rings (SSSR count). The summed E-state index contributed by atoms with van der Waals surface area (Å²) in [4.78, 5) is 13.3. The van der Waals surface area contributed by atoms with E-state index in [0.717, 1.165) is 11.3 Å². The highest BCUT2D eigenvalue weighted by Gasteiger charge is 2.44. The number of Topliss-reactive ketones (excluding diaryl/α,β-unsaturated/α-hetero) is 1. The summed E-state index contributed by atoms with van der Waals surface area (Å²) in [5, 5.41) is 13.6. The third kappa shape index (κ3) is 3.79. The van der Waals surface area contributed by atoms with Crippen LogP contribution in [0.5, 0.6) is 5.75 Å². The van der Waals surface area contributed by atoms with Gasteiger partial charge in [0.15, 0.2) is 5.78 Å². The Morgan fingerprint density at radius 2 is 2.00 bits per heavy atom. The van der Waals surface area contributed by atoms with Gasteiger partial charge in [0.05, 0.1) is 17.6 Å². The number of rotatable bonds is 5. The molecule has 2 aliphatic rings. The maximum absolute atomic E-state index is 13.3. The molecule has 1 aromatic carbocycles. The van der Waals surface area contributed by atoms with E-state index >= 15 is 0 Å². The minimum atomic E-state index is -0.469. The van der Waals surface area contributed by atoms with Crippen molar-refractivity contribution in [1.82, 2.24) is 10.0 Å². The van der Waals surface area contributed by atoms with Crippen molar-refractivity contribution in [1.29, 1.82) is 5.26 Å². The molecule has 1 heterocycles. The van der Waals surface area contributed by atoms with Crippen LogP contribution in [0.2, 0.25) is 0 Å². The topological polar surface area (TPSA) is 82.6 Å². The molecular weight excluding hydrogens is 364 g/mol. The standard InChI is InChI=1S/C23H28N4O2/c1-6-11-29-16-9-7-15(8-10-16)20-17(14-24)22(25)27(26(4)5)18-12-23(2,3)13-19(28)21(18)20/h6-10,20H,1,11-13,25H2,2-5H3/t20-/m1/s1. The van der Waals surface area contributed by atoms with E-state index in [1.54, 1.807) is 6.08 Å². The third-order valence-corrected chi connectivity index (χ3v) is 5.34. The zero-order valence-electron chi connectivity index (χ0n) is 17.5. The Kier molecular flexibility index (Phi) is 5.54. The van der Waals surface area contributed by atoms with E-state index < -0.39 is 5.92 Å². The summed E-state index contributed by atoms with van der Waals surface area (Å²) in [6.45, 7) is 8.24. The van der Waals surface area contributed by atoms with Crippen LogP contribution in [0.25, 0.3) is 0 Å². The maximum atomic E-state index is 13.3. The van der Waals surface area contributed by atoms with Gasteiger partial charge in [-0.1, -0.05) is 38.6 Å². The molecule has 152 valence electrons. The number of nitrogens with two attached hydrogens (primary N) is 1. The van der Waals surface area contributed by atoms with E-state index in [0.29, 0.717) is 42.2 Å². The summed E-state index contributed by atoms with van der Waals surface area (Å²) in [6.07, 6.45) is 2.84. The lowest BCUT2D eigenvalue weighted by molar-refractivity contribution is -0.119. The van der Waals surface area contributed by atoms with Gasteiger partial charge in [0.2, 0.25) is 0 Å². The molecule has 0 unspecified atom stereocenters. The molecule has 0 fully saturated rings. The fourth-order valence-electron chi connectivity index (χ4n) is 4.19. The maximum Gasteiger partial charge on any atom is 0.162 e. The van der Waals surface area contributed by atoms with Gasteiger partial charge in [0.1, 0.15) is 18.2 Å². The summed E-state index contributed by atoms with van der Waals surface area (Å²) in [7, 11) is 3.73. The van der Waals surface area contributed by atoms with E-state index in [-0.39, 0.29) is 11.2 Å². The quantitative estimate of drug-likeness (QED) is 0.773. The largest absolute Gasteiger partial charge is 0.490 e. The van der Waals surface area contributed by atoms with Crippen LogP contribution in [-0.4, -0.2) is 36.5 Å².